The lowest BCUT2D eigenvalue weighted by molar-refractivity contribution is 0.0740. The van der Waals surface area contributed by atoms with Crippen molar-refractivity contribution in [3.63, 3.8) is 0 Å². The third kappa shape index (κ3) is 5.72. The van der Waals surface area contributed by atoms with Gasteiger partial charge in [-0.2, -0.15) is 0 Å². The minimum Gasteiger partial charge on any atom is -0.339 e. The van der Waals surface area contributed by atoms with E-state index in [1.807, 2.05) is 24.0 Å². The molecule has 0 aliphatic heterocycles. The molecule has 20 heavy (non-hydrogen) atoms. The highest BCUT2D eigenvalue weighted by Gasteiger charge is 2.16. The highest BCUT2D eigenvalue weighted by Crippen LogP contribution is 2.11. The van der Waals surface area contributed by atoms with E-state index in [-0.39, 0.29) is 5.91 Å². The molecular weight excluding hydrogens is 248 g/mol. The fourth-order valence-electron chi connectivity index (χ4n) is 1.92. The number of nitrogens with zero attached hydrogens (tertiary/aromatic N) is 2. The van der Waals surface area contributed by atoms with Crippen LogP contribution in [0.15, 0.2) is 18.3 Å². The summed E-state index contributed by atoms with van der Waals surface area (Å²) >= 11 is 0. The summed E-state index contributed by atoms with van der Waals surface area (Å²) in [6.45, 7) is 12.4. The number of rotatable bonds is 7. The van der Waals surface area contributed by atoms with Gasteiger partial charge in [0.05, 0.1) is 5.56 Å². The summed E-state index contributed by atoms with van der Waals surface area (Å²) in [4.78, 5) is 18.8. The van der Waals surface area contributed by atoms with E-state index in [0.29, 0.717) is 17.4 Å². The molecule has 0 bridgehead atoms. The lowest BCUT2D eigenvalue weighted by Gasteiger charge is -2.24. The Bertz CT molecular complexity index is 398. The van der Waals surface area contributed by atoms with Gasteiger partial charge in [0.2, 0.25) is 0 Å². The van der Waals surface area contributed by atoms with Crippen molar-refractivity contribution in [2.45, 2.75) is 47.5 Å². The first-order chi connectivity index (χ1) is 9.40. The monoisotopic (exact) mass is 276 g/mol. The van der Waals surface area contributed by atoms with Crippen LogP contribution >= 0.6 is 0 Å². The average molecular weight is 276 g/mol. The lowest BCUT2D eigenvalue weighted by Crippen LogP contribution is -2.34. The van der Waals surface area contributed by atoms with Crippen LogP contribution in [0.5, 0.6) is 0 Å². The van der Waals surface area contributed by atoms with Crippen LogP contribution in [0, 0.1) is 18.8 Å². The Labute approximate surface area is 123 Å². The predicted molar refractivity (Wildman–Crippen MR) is 83.8 cm³/mol. The van der Waals surface area contributed by atoms with E-state index in [4.69, 9.17) is 0 Å². The largest absolute Gasteiger partial charge is 0.339 e. The lowest BCUT2D eigenvalue weighted by atomic mass is 10.1. The van der Waals surface area contributed by atoms with Gasteiger partial charge in [0.15, 0.2) is 0 Å². The third-order valence-corrected chi connectivity index (χ3v) is 3.40. The second-order valence-corrected chi connectivity index (χ2v) is 6.35. The zero-order valence-corrected chi connectivity index (χ0v) is 13.5. The van der Waals surface area contributed by atoms with E-state index in [2.05, 4.69) is 32.7 Å². The van der Waals surface area contributed by atoms with Gasteiger partial charge >= 0.3 is 0 Å². The van der Waals surface area contributed by atoms with Crippen LogP contribution in [0.2, 0.25) is 0 Å². The molecule has 0 unspecified atom stereocenters. The molecule has 3 heteroatoms. The molecule has 1 amide bonds. The Morgan fingerprint density at radius 3 is 2.05 bits per heavy atom. The zero-order valence-electron chi connectivity index (χ0n) is 13.5. The molecule has 0 radical (unpaired) electrons. The number of aryl methyl sites for hydroxylation is 1. The first-order valence-electron chi connectivity index (χ1n) is 7.62. The zero-order chi connectivity index (χ0) is 15.1. The van der Waals surface area contributed by atoms with Crippen LogP contribution in [-0.2, 0) is 0 Å². The highest BCUT2D eigenvalue weighted by molar-refractivity contribution is 5.93. The van der Waals surface area contributed by atoms with Crippen LogP contribution in [-0.4, -0.2) is 28.9 Å². The van der Waals surface area contributed by atoms with Crippen LogP contribution in [0.3, 0.4) is 0 Å². The number of aromatic nitrogens is 1. The fraction of sp³-hybridized carbons (Fsp3) is 0.647. The van der Waals surface area contributed by atoms with Gasteiger partial charge in [-0.25, -0.2) is 0 Å². The Balaban J connectivity index is 2.74. The molecule has 1 aromatic rings. The van der Waals surface area contributed by atoms with E-state index in [1.54, 1.807) is 6.20 Å². The number of pyridine rings is 1. The predicted octanol–water partition coefficient (Wildman–Crippen LogP) is 3.92. The quantitative estimate of drug-likeness (QED) is 0.756. The topological polar surface area (TPSA) is 33.2 Å². The Kier molecular flexibility index (Phi) is 6.69. The molecule has 0 N–H and O–H groups in total. The summed E-state index contributed by atoms with van der Waals surface area (Å²) in [7, 11) is 0. The molecule has 1 heterocycles. The van der Waals surface area contributed by atoms with Gasteiger partial charge in [0.1, 0.15) is 0 Å². The molecular formula is C17H28N2O. The van der Waals surface area contributed by atoms with Gasteiger partial charge in [0, 0.05) is 25.0 Å². The second-order valence-electron chi connectivity index (χ2n) is 6.35. The molecule has 0 saturated heterocycles. The second kappa shape index (κ2) is 8.03. The third-order valence-electron chi connectivity index (χ3n) is 3.40. The van der Waals surface area contributed by atoms with Crippen LogP contribution < -0.4 is 0 Å². The average Bonchev–Trinajstić information content (AvgIpc) is 2.38. The molecule has 112 valence electrons. The Morgan fingerprint density at radius 2 is 1.65 bits per heavy atom. The Hall–Kier alpha value is -1.38. The number of hydrogen-bond acceptors (Lipinski definition) is 2. The number of amides is 1. The first kappa shape index (κ1) is 16.7. The highest BCUT2D eigenvalue weighted by atomic mass is 16.2. The Morgan fingerprint density at radius 1 is 1.10 bits per heavy atom. The maximum atomic E-state index is 12.6. The van der Waals surface area contributed by atoms with E-state index < -0.39 is 0 Å². The van der Waals surface area contributed by atoms with E-state index in [9.17, 15) is 4.79 Å². The summed E-state index contributed by atoms with van der Waals surface area (Å²) < 4.78 is 0. The molecule has 0 spiro atoms. The number of hydrogen-bond donors (Lipinski definition) is 0. The van der Waals surface area contributed by atoms with Crippen molar-refractivity contribution in [3.8, 4) is 0 Å². The van der Waals surface area contributed by atoms with Gasteiger partial charge in [-0.3, -0.25) is 9.78 Å². The molecule has 1 rings (SSSR count). The number of carbonyl (C=O) groups excluding carboxylic acids is 1. The van der Waals surface area contributed by atoms with Crippen molar-refractivity contribution >= 4 is 5.91 Å². The van der Waals surface area contributed by atoms with Crippen molar-refractivity contribution in [1.29, 1.82) is 0 Å². The van der Waals surface area contributed by atoms with Gasteiger partial charge in [-0.15, -0.1) is 0 Å². The number of carbonyl (C=O) groups is 1. The van der Waals surface area contributed by atoms with E-state index in [1.165, 1.54) is 0 Å². The summed E-state index contributed by atoms with van der Waals surface area (Å²) in [6.07, 6.45) is 3.78. The SMILES string of the molecule is Cc1ccc(C(=O)N(CCC(C)C)CCC(C)C)cn1. The van der Waals surface area contributed by atoms with Crippen molar-refractivity contribution in [3.05, 3.63) is 29.6 Å². The normalized spacial score (nSPS) is 11.2. The molecule has 3 nitrogen and oxygen atoms in total. The van der Waals surface area contributed by atoms with E-state index >= 15 is 0 Å². The van der Waals surface area contributed by atoms with Gasteiger partial charge in [-0.05, 0) is 43.7 Å². The standard InChI is InChI=1S/C17H28N2O/c1-13(2)8-10-19(11-9-14(3)4)17(20)16-7-6-15(5)18-12-16/h6-7,12-14H,8-11H2,1-5H3. The summed E-state index contributed by atoms with van der Waals surface area (Å²) in [5.41, 5.74) is 1.64. The van der Waals surface area contributed by atoms with E-state index in [0.717, 1.165) is 31.6 Å². The molecule has 0 fully saturated rings. The van der Waals surface area contributed by atoms with Gasteiger partial charge in [0.25, 0.3) is 5.91 Å². The van der Waals surface area contributed by atoms with Crippen LogP contribution in [0.4, 0.5) is 0 Å². The molecule has 0 atom stereocenters. The van der Waals surface area contributed by atoms with Crippen molar-refractivity contribution in [1.82, 2.24) is 9.88 Å². The summed E-state index contributed by atoms with van der Waals surface area (Å²) in [5.74, 6) is 1.33. The fourth-order valence-corrected chi connectivity index (χ4v) is 1.92. The van der Waals surface area contributed by atoms with Crippen LogP contribution in [0.1, 0.15) is 56.6 Å². The first-order valence-corrected chi connectivity index (χ1v) is 7.62. The molecule has 0 aliphatic carbocycles. The molecule has 0 saturated carbocycles. The molecule has 0 aromatic carbocycles. The van der Waals surface area contributed by atoms with Crippen molar-refractivity contribution < 1.29 is 4.79 Å². The summed E-state index contributed by atoms with van der Waals surface area (Å²) in [5, 5.41) is 0. The minimum absolute atomic E-state index is 0.110. The smallest absolute Gasteiger partial charge is 0.255 e. The molecule has 0 aliphatic rings. The molecule has 1 aromatic heterocycles. The van der Waals surface area contributed by atoms with Gasteiger partial charge < -0.3 is 4.90 Å². The minimum atomic E-state index is 0.110. The van der Waals surface area contributed by atoms with Gasteiger partial charge in [-0.1, -0.05) is 27.7 Å². The van der Waals surface area contributed by atoms with Crippen molar-refractivity contribution in [2.24, 2.45) is 11.8 Å². The van der Waals surface area contributed by atoms with Crippen LogP contribution in [0.25, 0.3) is 0 Å². The maximum absolute atomic E-state index is 12.6. The summed E-state index contributed by atoms with van der Waals surface area (Å²) in [6, 6.07) is 3.78. The van der Waals surface area contributed by atoms with Crippen molar-refractivity contribution in [2.75, 3.05) is 13.1 Å². The maximum Gasteiger partial charge on any atom is 0.255 e.